The van der Waals surface area contributed by atoms with E-state index in [4.69, 9.17) is 0 Å². The van der Waals surface area contributed by atoms with E-state index in [0.717, 1.165) is 48.8 Å². The quantitative estimate of drug-likeness (QED) is 0.863. The van der Waals surface area contributed by atoms with Crippen LogP contribution in [0.15, 0.2) is 30.5 Å². The van der Waals surface area contributed by atoms with Gasteiger partial charge >= 0.3 is 0 Å². The van der Waals surface area contributed by atoms with Gasteiger partial charge in [0.25, 0.3) is 0 Å². The van der Waals surface area contributed by atoms with Gasteiger partial charge in [-0.25, -0.2) is 9.97 Å². The summed E-state index contributed by atoms with van der Waals surface area (Å²) in [6.07, 6.45) is 4.71. The second kappa shape index (κ2) is 6.83. The molecule has 100 valence electrons. The lowest BCUT2D eigenvalue weighted by Crippen LogP contribution is -2.09. The lowest BCUT2D eigenvalue weighted by molar-refractivity contribution is 0.823. The molecular weight excluding hydrogens is 236 g/mol. The molecule has 0 radical (unpaired) electrons. The first-order chi connectivity index (χ1) is 9.28. The van der Waals surface area contributed by atoms with Gasteiger partial charge in [-0.2, -0.15) is 0 Å². The Morgan fingerprint density at radius 3 is 2.79 bits per heavy atom. The maximum Gasteiger partial charge on any atom is 0.130 e. The molecule has 4 heteroatoms. The third-order valence-corrected chi connectivity index (χ3v) is 2.79. The Morgan fingerprint density at radius 1 is 1.16 bits per heavy atom. The van der Waals surface area contributed by atoms with Crippen molar-refractivity contribution in [3.8, 4) is 0 Å². The number of pyridine rings is 1. The predicted octanol–water partition coefficient (Wildman–Crippen LogP) is 2.79. The van der Waals surface area contributed by atoms with Crippen molar-refractivity contribution in [2.24, 2.45) is 0 Å². The molecule has 2 aromatic heterocycles. The summed E-state index contributed by atoms with van der Waals surface area (Å²) < 4.78 is 0. The first-order valence-electron chi connectivity index (χ1n) is 6.76. The molecule has 0 aliphatic rings. The fraction of sp³-hybridized carbons (Fsp3) is 0.400. The molecule has 0 amide bonds. The van der Waals surface area contributed by atoms with Gasteiger partial charge in [-0.05, 0) is 25.5 Å². The van der Waals surface area contributed by atoms with E-state index in [-0.39, 0.29) is 0 Å². The third-order valence-electron chi connectivity index (χ3n) is 2.79. The second-order valence-electron chi connectivity index (χ2n) is 4.56. The monoisotopic (exact) mass is 256 g/mol. The fourth-order valence-corrected chi connectivity index (χ4v) is 1.92. The molecule has 0 atom stereocenters. The number of hydrogen-bond donors (Lipinski definition) is 1. The number of hydrogen-bond acceptors (Lipinski definition) is 4. The van der Waals surface area contributed by atoms with Crippen LogP contribution in [0.25, 0.3) is 0 Å². The van der Waals surface area contributed by atoms with Crippen LogP contribution in [0.5, 0.6) is 0 Å². The van der Waals surface area contributed by atoms with Crippen LogP contribution in [-0.4, -0.2) is 21.5 Å². The summed E-state index contributed by atoms with van der Waals surface area (Å²) >= 11 is 0. The molecule has 2 heterocycles. The molecule has 1 N–H and O–H groups in total. The summed E-state index contributed by atoms with van der Waals surface area (Å²) in [6.45, 7) is 4.98. The smallest absolute Gasteiger partial charge is 0.130 e. The van der Waals surface area contributed by atoms with Gasteiger partial charge in [0.2, 0.25) is 0 Å². The van der Waals surface area contributed by atoms with Crippen LogP contribution in [0.1, 0.15) is 30.6 Å². The average Bonchev–Trinajstić information content (AvgIpc) is 2.40. The molecule has 0 aliphatic heterocycles. The third kappa shape index (κ3) is 4.32. The minimum atomic E-state index is 0.832. The molecule has 19 heavy (non-hydrogen) atoms. The van der Waals surface area contributed by atoms with E-state index in [0.29, 0.717) is 0 Å². The Balaban J connectivity index is 1.92. The van der Waals surface area contributed by atoms with Gasteiger partial charge in [0.05, 0.1) is 0 Å². The zero-order chi connectivity index (χ0) is 13.5. The summed E-state index contributed by atoms with van der Waals surface area (Å²) in [4.78, 5) is 13.2. The first kappa shape index (κ1) is 13.5. The average molecular weight is 256 g/mol. The largest absolute Gasteiger partial charge is 0.370 e. The Hall–Kier alpha value is -1.97. The highest BCUT2D eigenvalue weighted by Crippen LogP contribution is 2.08. The number of nitrogens with zero attached hydrogens (tertiary/aromatic N) is 3. The number of rotatable bonds is 6. The van der Waals surface area contributed by atoms with Crippen molar-refractivity contribution >= 4 is 5.82 Å². The van der Waals surface area contributed by atoms with Crippen molar-refractivity contribution in [3.63, 3.8) is 0 Å². The van der Waals surface area contributed by atoms with Gasteiger partial charge in [0, 0.05) is 43.0 Å². The summed E-state index contributed by atoms with van der Waals surface area (Å²) in [5.41, 5.74) is 2.10. The highest BCUT2D eigenvalue weighted by molar-refractivity contribution is 5.35. The molecule has 0 bridgehead atoms. The van der Waals surface area contributed by atoms with E-state index in [1.165, 1.54) is 0 Å². The van der Waals surface area contributed by atoms with Crippen molar-refractivity contribution in [3.05, 3.63) is 47.7 Å². The van der Waals surface area contributed by atoms with Crippen LogP contribution in [0.4, 0.5) is 5.82 Å². The molecule has 0 spiro atoms. The van der Waals surface area contributed by atoms with Crippen molar-refractivity contribution in [2.45, 2.75) is 33.1 Å². The zero-order valence-corrected chi connectivity index (χ0v) is 11.6. The van der Waals surface area contributed by atoms with Gasteiger partial charge in [-0.3, -0.25) is 4.98 Å². The SMILES string of the molecule is CCCc1nc(C)cc(NCCc2ccccn2)n1. The minimum absolute atomic E-state index is 0.832. The molecule has 0 saturated carbocycles. The van der Waals surface area contributed by atoms with Crippen molar-refractivity contribution in [1.29, 1.82) is 0 Å². The fourth-order valence-electron chi connectivity index (χ4n) is 1.92. The van der Waals surface area contributed by atoms with E-state index < -0.39 is 0 Å². The second-order valence-corrected chi connectivity index (χ2v) is 4.56. The van der Waals surface area contributed by atoms with Crippen LogP contribution >= 0.6 is 0 Å². The van der Waals surface area contributed by atoms with Crippen LogP contribution in [0.3, 0.4) is 0 Å². The van der Waals surface area contributed by atoms with Gasteiger partial charge in [-0.15, -0.1) is 0 Å². The van der Waals surface area contributed by atoms with Gasteiger partial charge in [0.15, 0.2) is 0 Å². The Morgan fingerprint density at radius 2 is 2.05 bits per heavy atom. The number of aryl methyl sites for hydroxylation is 2. The van der Waals surface area contributed by atoms with Gasteiger partial charge < -0.3 is 5.32 Å². The molecule has 0 aliphatic carbocycles. The summed E-state index contributed by atoms with van der Waals surface area (Å²) in [5.74, 6) is 1.83. The van der Waals surface area contributed by atoms with Crippen LogP contribution in [0.2, 0.25) is 0 Å². The summed E-state index contributed by atoms with van der Waals surface area (Å²) in [7, 11) is 0. The van der Waals surface area contributed by atoms with Crippen LogP contribution in [-0.2, 0) is 12.8 Å². The Bertz CT molecular complexity index is 511. The van der Waals surface area contributed by atoms with Crippen molar-refractivity contribution in [1.82, 2.24) is 15.0 Å². The van der Waals surface area contributed by atoms with Crippen molar-refractivity contribution < 1.29 is 0 Å². The molecule has 0 fully saturated rings. The van der Waals surface area contributed by atoms with Gasteiger partial charge in [0.1, 0.15) is 11.6 Å². The summed E-state index contributed by atoms with van der Waals surface area (Å²) in [6, 6.07) is 7.96. The van der Waals surface area contributed by atoms with E-state index in [2.05, 4.69) is 27.2 Å². The Labute approximate surface area is 114 Å². The van der Waals surface area contributed by atoms with Gasteiger partial charge in [-0.1, -0.05) is 13.0 Å². The topological polar surface area (TPSA) is 50.7 Å². The zero-order valence-electron chi connectivity index (χ0n) is 11.6. The normalized spacial score (nSPS) is 10.4. The molecule has 0 saturated heterocycles. The predicted molar refractivity (Wildman–Crippen MR) is 77.2 cm³/mol. The molecular formula is C15H20N4. The number of anilines is 1. The maximum atomic E-state index is 4.51. The highest BCUT2D eigenvalue weighted by atomic mass is 15.0. The van der Waals surface area contributed by atoms with Crippen LogP contribution < -0.4 is 5.32 Å². The maximum absolute atomic E-state index is 4.51. The molecule has 4 nitrogen and oxygen atoms in total. The van der Waals surface area contributed by atoms with Crippen LogP contribution in [0, 0.1) is 6.92 Å². The number of aromatic nitrogens is 3. The van der Waals surface area contributed by atoms with Crippen molar-refractivity contribution in [2.75, 3.05) is 11.9 Å². The lowest BCUT2D eigenvalue weighted by Gasteiger charge is -2.08. The highest BCUT2D eigenvalue weighted by Gasteiger charge is 2.01. The van der Waals surface area contributed by atoms with E-state index >= 15 is 0 Å². The summed E-state index contributed by atoms with van der Waals surface area (Å²) in [5, 5.41) is 3.34. The molecule has 0 unspecified atom stereocenters. The number of nitrogens with one attached hydrogen (secondary N) is 1. The Kier molecular flexibility index (Phi) is 4.84. The first-order valence-corrected chi connectivity index (χ1v) is 6.76. The molecule has 2 rings (SSSR count). The molecule has 2 aromatic rings. The standard InChI is InChI=1S/C15H20N4/c1-3-6-14-18-12(2)11-15(19-14)17-10-8-13-7-4-5-9-16-13/h4-5,7,9,11H,3,6,8,10H2,1-2H3,(H,17,18,19). The van der Waals surface area contributed by atoms with E-state index in [9.17, 15) is 0 Å². The minimum Gasteiger partial charge on any atom is -0.370 e. The van der Waals surface area contributed by atoms with E-state index in [1.54, 1.807) is 0 Å². The molecule has 0 aromatic carbocycles. The van der Waals surface area contributed by atoms with E-state index in [1.807, 2.05) is 37.4 Å². The lowest BCUT2D eigenvalue weighted by atomic mass is 10.2.